The summed E-state index contributed by atoms with van der Waals surface area (Å²) in [6.07, 6.45) is 75.9. The number of rotatable bonds is 60. The van der Waals surface area contributed by atoms with E-state index in [1.807, 2.05) is 33.3 Å². The molecule has 0 aliphatic heterocycles. The minimum absolute atomic E-state index is 0.121. The summed E-state index contributed by atoms with van der Waals surface area (Å²) in [5, 5.41) is 11.8. The maximum atomic E-state index is 12.8. The molecule has 0 rings (SSSR count). The van der Waals surface area contributed by atoms with Gasteiger partial charge in [-0.3, -0.25) is 9.59 Å². The second-order valence-corrected chi connectivity index (χ2v) is 23.0. The van der Waals surface area contributed by atoms with Crippen LogP contribution < -0.4 is 5.11 Å². The number of carbonyl (C=O) groups excluding carboxylic acids is 3. The lowest BCUT2D eigenvalue weighted by Crippen LogP contribution is -2.44. The van der Waals surface area contributed by atoms with Crippen molar-refractivity contribution in [1.29, 1.82) is 0 Å². The van der Waals surface area contributed by atoms with E-state index in [1.165, 1.54) is 199 Å². The fourth-order valence-electron chi connectivity index (χ4n) is 9.27. The van der Waals surface area contributed by atoms with Crippen molar-refractivity contribution in [3.8, 4) is 0 Å². The summed E-state index contributed by atoms with van der Waals surface area (Å²) < 4.78 is 22.6. The van der Waals surface area contributed by atoms with Crippen LogP contribution in [0.1, 0.15) is 290 Å². The van der Waals surface area contributed by atoms with Gasteiger partial charge in [0.15, 0.2) is 12.4 Å². The van der Waals surface area contributed by atoms with Gasteiger partial charge in [0.25, 0.3) is 0 Å². The Morgan fingerprint density at radius 3 is 1.06 bits per heavy atom. The van der Waals surface area contributed by atoms with Gasteiger partial charge in [-0.2, -0.15) is 0 Å². The van der Waals surface area contributed by atoms with Gasteiger partial charge in [-0.15, -0.1) is 0 Å². The summed E-state index contributed by atoms with van der Waals surface area (Å²) in [4.78, 5) is 37.3. The van der Waals surface area contributed by atoms with E-state index in [0.29, 0.717) is 17.4 Å². The third kappa shape index (κ3) is 60.4. The molecule has 78 heavy (non-hydrogen) atoms. The monoisotopic (exact) mass is 1090 g/mol. The number of ether oxygens (including phenoxy) is 4. The van der Waals surface area contributed by atoms with Gasteiger partial charge in [0, 0.05) is 12.8 Å². The van der Waals surface area contributed by atoms with Crippen LogP contribution >= 0.6 is 0 Å². The lowest BCUT2D eigenvalue weighted by molar-refractivity contribution is -0.870. The predicted octanol–water partition coefficient (Wildman–Crippen LogP) is 18.4. The number of quaternary nitrogens is 1. The lowest BCUT2D eigenvalue weighted by atomic mass is 10.0. The minimum Gasteiger partial charge on any atom is -0.545 e. The number of nitrogens with zero attached hydrogens (tertiary/aromatic N) is 1. The molecule has 0 aromatic carbocycles. The van der Waals surface area contributed by atoms with Crippen LogP contribution in [0, 0.1) is 0 Å². The van der Waals surface area contributed by atoms with Crippen LogP contribution in [0.15, 0.2) is 72.9 Å². The van der Waals surface area contributed by atoms with Crippen molar-refractivity contribution < 1.29 is 42.9 Å². The maximum Gasteiger partial charge on any atom is 0.306 e. The summed E-state index contributed by atoms with van der Waals surface area (Å²) in [6, 6.07) is 0. The van der Waals surface area contributed by atoms with E-state index in [1.54, 1.807) is 0 Å². The molecular formula is C69H123NO8. The molecule has 0 aliphatic carbocycles. The van der Waals surface area contributed by atoms with Gasteiger partial charge in [0.2, 0.25) is 0 Å². The first kappa shape index (κ1) is 74.7. The molecule has 9 heteroatoms. The Balaban J connectivity index is 4.10. The Kier molecular flexibility index (Phi) is 57.3. The summed E-state index contributed by atoms with van der Waals surface area (Å²) in [7, 11) is 5.90. The lowest BCUT2D eigenvalue weighted by Gasteiger charge is -2.26. The van der Waals surface area contributed by atoms with E-state index < -0.39 is 24.3 Å². The average Bonchev–Trinajstić information content (AvgIpc) is 3.41. The van der Waals surface area contributed by atoms with Crippen LogP contribution in [0.3, 0.4) is 0 Å². The number of likely N-dealkylation sites (N-methyl/N-ethyl adjacent to an activating group) is 1. The highest BCUT2D eigenvalue weighted by Crippen LogP contribution is 2.18. The van der Waals surface area contributed by atoms with Crippen LogP contribution in [0.4, 0.5) is 0 Å². The largest absolute Gasteiger partial charge is 0.545 e. The highest BCUT2D eigenvalue weighted by molar-refractivity contribution is 5.70. The second kappa shape index (κ2) is 59.8. The summed E-state index contributed by atoms with van der Waals surface area (Å²) in [5.41, 5.74) is 0. The van der Waals surface area contributed by atoms with Crippen molar-refractivity contribution in [3.05, 3.63) is 72.9 Å². The van der Waals surface area contributed by atoms with Crippen molar-refractivity contribution in [3.63, 3.8) is 0 Å². The minimum atomic E-state index is -1.64. The van der Waals surface area contributed by atoms with E-state index in [0.717, 1.165) is 57.8 Å². The third-order valence-corrected chi connectivity index (χ3v) is 14.2. The van der Waals surface area contributed by atoms with Crippen LogP contribution in [-0.2, 0) is 33.3 Å². The molecule has 0 bridgehead atoms. The van der Waals surface area contributed by atoms with E-state index in [9.17, 15) is 19.5 Å². The van der Waals surface area contributed by atoms with Crippen LogP contribution in [0.2, 0.25) is 0 Å². The van der Waals surface area contributed by atoms with Crippen molar-refractivity contribution >= 4 is 17.9 Å². The molecule has 0 N–H and O–H groups in total. The fourth-order valence-corrected chi connectivity index (χ4v) is 9.27. The Hall–Kier alpha value is -3.27. The standard InChI is InChI=1S/C69H123NO8/c1-6-8-10-12-14-16-18-20-22-24-26-27-28-29-30-31-32-33-34-35-36-37-38-39-40-42-43-45-47-49-51-53-55-57-59-66(71)76-63-65(64-77-69(68(73)74)75-62-61-70(3,4)5)78-67(72)60-58-56-54-52-50-48-46-44-41-25-23-21-19-17-15-13-11-9-7-2/h9,11,15,17,21,23,41,44,48,50,54,56,65,69H,6-8,10,12-14,16,18-20,22,24-40,42-43,45-47,49,51-53,55,57-64H2,1-5H3/b11-9-,17-15-,23-21-,44-41-,50-48-,56-54-. The van der Waals surface area contributed by atoms with Crippen molar-refractivity contribution in [2.45, 2.75) is 302 Å². The van der Waals surface area contributed by atoms with Gasteiger partial charge in [0.05, 0.1) is 40.3 Å². The zero-order chi connectivity index (χ0) is 56.9. The summed E-state index contributed by atoms with van der Waals surface area (Å²) in [5.74, 6) is -2.39. The number of hydrogen-bond acceptors (Lipinski definition) is 8. The zero-order valence-corrected chi connectivity index (χ0v) is 51.5. The van der Waals surface area contributed by atoms with Crippen LogP contribution in [-0.4, -0.2) is 82.3 Å². The molecule has 0 spiro atoms. The van der Waals surface area contributed by atoms with Gasteiger partial charge in [-0.1, -0.05) is 299 Å². The van der Waals surface area contributed by atoms with E-state index in [-0.39, 0.29) is 38.6 Å². The van der Waals surface area contributed by atoms with E-state index in [4.69, 9.17) is 18.9 Å². The van der Waals surface area contributed by atoms with E-state index in [2.05, 4.69) is 74.6 Å². The van der Waals surface area contributed by atoms with Gasteiger partial charge >= 0.3 is 11.9 Å². The molecule has 0 radical (unpaired) electrons. The molecule has 452 valence electrons. The van der Waals surface area contributed by atoms with Crippen molar-refractivity contribution in [1.82, 2.24) is 0 Å². The maximum absolute atomic E-state index is 12.8. The quantitative estimate of drug-likeness (QED) is 0.0195. The Morgan fingerprint density at radius 1 is 0.397 bits per heavy atom. The fraction of sp³-hybridized carbons (Fsp3) is 0.783. The van der Waals surface area contributed by atoms with Crippen LogP contribution in [0.25, 0.3) is 0 Å². The number of esters is 2. The number of carbonyl (C=O) groups is 3. The molecule has 0 saturated heterocycles. The smallest absolute Gasteiger partial charge is 0.306 e. The topological polar surface area (TPSA) is 111 Å². The molecule has 0 aromatic heterocycles. The third-order valence-electron chi connectivity index (χ3n) is 14.2. The first-order valence-corrected chi connectivity index (χ1v) is 32.6. The molecule has 0 fully saturated rings. The van der Waals surface area contributed by atoms with Gasteiger partial charge < -0.3 is 33.3 Å². The van der Waals surface area contributed by atoms with Crippen LogP contribution in [0.5, 0.6) is 0 Å². The van der Waals surface area contributed by atoms with Crippen molar-refractivity contribution in [2.24, 2.45) is 0 Å². The Labute approximate surface area is 481 Å². The van der Waals surface area contributed by atoms with E-state index >= 15 is 0 Å². The summed E-state index contributed by atoms with van der Waals surface area (Å²) >= 11 is 0. The molecule has 2 unspecified atom stereocenters. The SMILES string of the molecule is CC/C=C\C/C=C\C/C=C\C/C=C\C/C=C\C/C=C\CCC(=O)OC(COC(=O)CCCCCCCCCCCCCCCCCCCCCCCCCCCCCCCCCCCC)COC(OCC[N+](C)(C)C)C(=O)[O-]. The number of unbranched alkanes of at least 4 members (excludes halogenated alkanes) is 33. The summed E-state index contributed by atoms with van der Waals surface area (Å²) in [6.45, 7) is 4.58. The molecule has 9 nitrogen and oxygen atoms in total. The van der Waals surface area contributed by atoms with Gasteiger partial charge in [-0.25, -0.2) is 0 Å². The first-order valence-electron chi connectivity index (χ1n) is 32.6. The molecule has 0 saturated carbocycles. The highest BCUT2D eigenvalue weighted by atomic mass is 16.7. The molecule has 0 amide bonds. The molecular weight excluding hydrogens is 971 g/mol. The second-order valence-electron chi connectivity index (χ2n) is 23.0. The highest BCUT2D eigenvalue weighted by Gasteiger charge is 2.22. The number of carboxylic acids is 1. The number of hydrogen-bond donors (Lipinski definition) is 0. The predicted molar refractivity (Wildman–Crippen MR) is 329 cm³/mol. The Morgan fingerprint density at radius 2 is 0.731 bits per heavy atom. The molecule has 0 heterocycles. The number of aliphatic carboxylic acids is 1. The zero-order valence-electron chi connectivity index (χ0n) is 51.5. The number of allylic oxidation sites excluding steroid dienone is 12. The first-order chi connectivity index (χ1) is 38.1. The van der Waals surface area contributed by atoms with Gasteiger partial charge in [-0.05, 0) is 51.4 Å². The molecule has 0 aliphatic rings. The van der Waals surface area contributed by atoms with Gasteiger partial charge in [0.1, 0.15) is 13.2 Å². The van der Waals surface area contributed by atoms with Crippen molar-refractivity contribution in [2.75, 3.05) is 47.5 Å². The number of carboxylic acid groups (broad SMARTS) is 1. The molecule has 2 atom stereocenters. The normalized spacial score (nSPS) is 13.2. The Bertz CT molecular complexity index is 1510. The molecule has 0 aromatic rings. The average molecular weight is 1090 g/mol.